The Morgan fingerprint density at radius 3 is 2.28 bits per heavy atom. The molecule has 0 radical (unpaired) electrons. The summed E-state index contributed by atoms with van der Waals surface area (Å²) in [6.45, 7) is 1.54. The third-order valence-electron chi connectivity index (χ3n) is 2.74. The van der Waals surface area contributed by atoms with E-state index in [2.05, 4.69) is 0 Å². The second-order valence-electron chi connectivity index (χ2n) is 4.07. The molecular formula is C16H13O2-. The molecule has 0 heterocycles. The summed E-state index contributed by atoms with van der Waals surface area (Å²) in [5, 5.41) is 10.8. The van der Waals surface area contributed by atoms with Crippen LogP contribution >= 0.6 is 0 Å². The molecule has 0 fully saturated rings. The summed E-state index contributed by atoms with van der Waals surface area (Å²) in [4.78, 5) is 10.8. The van der Waals surface area contributed by atoms with E-state index in [0.717, 1.165) is 16.7 Å². The number of aliphatic carboxylic acids is 1. The van der Waals surface area contributed by atoms with E-state index in [-0.39, 0.29) is 5.57 Å². The van der Waals surface area contributed by atoms with E-state index in [1.54, 1.807) is 6.08 Å². The van der Waals surface area contributed by atoms with Gasteiger partial charge in [0.1, 0.15) is 0 Å². The van der Waals surface area contributed by atoms with E-state index < -0.39 is 5.97 Å². The third kappa shape index (κ3) is 2.66. The molecular weight excluding hydrogens is 224 g/mol. The van der Waals surface area contributed by atoms with Crippen molar-refractivity contribution in [3.8, 4) is 11.1 Å². The van der Waals surface area contributed by atoms with Gasteiger partial charge in [0.25, 0.3) is 0 Å². The molecule has 0 saturated heterocycles. The van der Waals surface area contributed by atoms with Crippen LogP contribution in [0, 0.1) is 0 Å². The minimum absolute atomic E-state index is 0.221. The van der Waals surface area contributed by atoms with Crippen LogP contribution in [0.25, 0.3) is 17.2 Å². The maximum Gasteiger partial charge on any atom is 0.0672 e. The first-order chi connectivity index (χ1) is 8.68. The number of carbonyl (C=O) groups excluding carboxylic acids is 1. The van der Waals surface area contributed by atoms with Gasteiger partial charge >= 0.3 is 0 Å². The Balaban J connectivity index is 2.51. The van der Waals surface area contributed by atoms with E-state index in [4.69, 9.17) is 0 Å². The highest BCUT2D eigenvalue weighted by Crippen LogP contribution is 2.25. The highest BCUT2D eigenvalue weighted by Gasteiger charge is 2.02. The molecule has 0 amide bonds. The zero-order chi connectivity index (χ0) is 13.0. The lowest BCUT2D eigenvalue weighted by Crippen LogP contribution is -2.22. The van der Waals surface area contributed by atoms with Crippen LogP contribution in [-0.2, 0) is 4.79 Å². The molecule has 0 unspecified atom stereocenters. The van der Waals surface area contributed by atoms with Crippen molar-refractivity contribution in [3.63, 3.8) is 0 Å². The standard InChI is InChI=1S/C16H14O2/c1-12(16(17)18)11-14-9-5-6-10-15(14)13-7-3-2-4-8-13/h2-11H,1H3,(H,17,18)/p-1/b12-11+. The molecule has 0 aliphatic rings. The average Bonchev–Trinajstić information content (AvgIpc) is 2.40. The summed E-state index contributed by atoms with van der Waals surface area (Å²) in [6, 6.07) is 17.6. The summed E-state index contributed by atoms with van der Waals surface area (Å²) in [5.74, 6) is -1.14. The molecule has 2 rings (SSSR count). The topological polar surface area (TPSA) is 40.1 Å². The molecule has 0 aliphatic carbocycles. The van der Waals surface area contributed by atoms with Gasteiger partial charge in [-0.2, -0.15) is 0 Å². The van der Waals surface area contributed by atoms with Gasteiger partial charge in [0, 0.05) is 0 Å². The second kappa shape index (κ2) is 5.32. The molecule has 90 valence electrons. The largest absolute Gasteiger partial charge is 0.545 e. The summed E-state index contributed by atoms with van der Waals surface area (Å²) >= 11 is 0. The third-order valence-corrected chi connectivity index (χ3v) is 2.74. The predicted octanol–water partition coefficient (Wildman–Crippen LogP) is 2.51. The van der Waals surface area contributed by atoms with E-state index in [9.17, 15) is 9.90 Å². The van der Waals surface area contributed by atoms with E-state index in [1.807, 2.05) is 54.6 Å². The normalized spacial score (nSPS) is 11.3. The van der Waals surface area contributed by atoms with Crippen molar-refractivity contribution < 1.29 is 9.90 Å². The van der Waals surface area contributed by atoms with Crippen molar-refractivity contribution in [2.24, 2.45) is 0 Å². The molecule has 0 spiro atoms. The number of carbonyl (C=O) groups is 1. The molecule has 2 nitrogen and oxygen atoms in total. The monoisotopic (exact) mass is 237 g/mol. The number of rotatable bonds is 3. The Labute approximate surface area is 106 Å². The Morgan fingerprint density at radius 1 is 1.00 bits per heavy atom. The van der Waals surface area contributed by atoms with Gasteiger partial charge in [0.15, 0.2) is 0 Å². The van der Waals surface area contributed by atoms with E-state index in [0.29, 0.717) is 0 Å². The number of hydrogen-bond donors (Lipinski definition) is 0. The van der Waals surface area contributed by atoms with Crippen molar-refractivity contribution in [2.75, 3.05) is 0 Å². The summed E-state index contributed by atoms with van der Waals surface area (Å²) in [7, 11) is 0. The molecule has 18 heavy (non-hydrogen) atoms. The highest BCUT2D eigenvalue weighted by atomic mass is 16.4. The molecule has 0 aliphatic heterocycles. The fourth-order valence-electron chi connectivity index (χ4n) is 1.80. The number of hydrogen-bond acceptors (Lipinski definition) is 2. The van der Waals surface area contributed by atoms with Crippen molar-refractivity contribution in [1.29, 1.82) is 0 Å². The van der Waals surface area contributed by atoms with Crippen LogP contribution in [0.5, 0.6) is 0 Å². The maximum atomic E-state index is 10.8. The SMILES string of the molecule is C/C(=C\c1ccccc1-c1ccccc1)C(=O)[O-]. The molecule has 0 N–H and O–H groups in total. The molecule has 0 saturated carbocycles. The van der Waals surface area contributed by atoms with Gasteiger partial charge < -0.3 is 9.90 Å². The van der Waals surface area contributed by atoms with Crippen LogP contribution in [0.4, 0.5) is 0 Å². The first-order valence-electron chi connectivity index (χ1n) is 5.72. The molecule has 2 heteroatoms. The molecule has 0 aromatic heterocycles. The Morgan fingerprint density at radius 2 is 1.61 bits per heavy atom. The number of carboxylic acid groups (broad SMARTS) is 1. The number of carboxylic acids is 1. The zero-order valence-corrected chi connectivity index (χ0v) is 10.1. The smallest absolute Gasteiger partial charge is 0.0672 e. The lowest BCUT2D eigenvalue weighted by Gasteiger charge is -2.08. The van der Waals surface area contributed by atoms with Gasteiger partial charge in [0.2, 0.25) is 0 Å². The lowest BCUT2D eigenvalue weighted by molar-refractivity contribution is -0.299. The fourth-order valence-corrected chi connectivity index (χ4v) is 1.80. The van der Waals surface area contributed by atoms with Crippen LogP contribution in [0.1, 0.15) is 12.5 Å². The zero-order valence-electron chi connectivity index (χ0n) is 10.1. The molecule has 0 atom stereocenters. The quantitative estimate of drug-likeness (QED) is 0.769. The second-order valence-corrected chi connectivity index (χ2v) is 4.07. The van der Waals surface area contributed by atoms with Crippen molar-refractivity contribution in [3.05, 3.63) is 65.7 Å². The maximum absolute atomic E-state index is 10.8. The molecule has 2 aromatic carbocycles. The summed E-state index contributed by atoms with van der Waals surface area (Å²) in [6.07, 6.45) is 1.64. The van der Waals surface area contributed by atoms with E-state index in [1.165, 1.54) is 6.92 Å². The minimum atomic E-state index is -1.14. The molecule has 2 aromatic rings. The summed E-state index contributed by atoms with van der Waals surface area (Å²) < 4.78 is 0. The first-order valence-corrected chi connectivity index (χ1v) is 5.72. The van der Waals surface area contributed by atoms with Crippen LogP contribution in [0.2, 0.25) is 0 Å². The van der Waals surface area contributed by atoms with Gasteiger partial charge in [-0.05, 0) is 35.3 Å². The fraction of sp³-hybridized carbons (Fsp3) is 0.0625. The van der Waals surface area contributed by atoms with Crippen LogP contribution in [0.15, 0.2) is 60.2 Å². The van der Waals surface area contributed by atoms with Gasteiger partial charge in [0.05, 0.1) is 5.97 Å². The van der Waals surface area contributed by atoms with Crippen molar-refractivity contribution >= 4 is 12.0 Å². The van der Waals surface area contributed by atoms with Crippen molar-refractivity contribution in [2.45, 2.75) is 6.92 Å². The Hall–Kier alpha value is -2.35. The average molecular weight is 237 g/mol. The van der Waals surface area contributed by atoms with Gasteiger partial charge in [-0.15, -0.1) is 0 Å². The number of benzene rings is 2. The minimum Gasteiger partial charge on any atom is -0.545 e. The van der Waals surface area contributed by atoms with Crippen LogP contribution < -0.4 is 5.11 Å². The van der Waals surface area contributed by atoms with Gasteiger partial charge in [-0.1, -0.05) is 54.6 Å². The Bertz CT molecular complexity index is 583. The van der Waals surface area contributed by atoms with Gasteiger partial charge in [-0.25, -0.2) is 0 Å². The lowest BCUT2D eigenvalue weighted by atomic mass is 9.98. The van der Waals surface area contributed by atoms with E-state index >= 15 is 0 Å². The van der Waals surface area contributed by atoms with Crippen LogP contribution in [-0.4, -0.2) is 5.97 Å². The first kappa shape index (κ1) is 12.1. The van der Waals surface area contributed by atoms with Crippen LogP contribution in [0.3, 0.4) is 0 Å². The van der Waals surface area contributed by atoms with Gasteiger partial charge in [-0.3, -0.25) is 0 Å². The molecule has 0 bridgehead atoms. The Kier molecular flexibility index (Phi) is 3.58. The predicted molar refractivity (Wildman–Crippen MR) is 70.5 cm³/mol. The highest BCUT2D eigenvalue weighted by molar-refractivity contribution is 5.91. The summed E-state index contributed by atoms with van der Waals surface area (Å²) in [5.41, 5.74) is 3.18. The van der Waals surface area contributed by atoms with Crippen molar-refractivity contribution in [1.82, 2.24) is 0 Å².